The van der Waals surface area contributed by atoms with Crippen molar-refractivity contribution in [3.63, 3.8) is 0 Å². The molecule has 1 aliphatic rings. The molecule has 4 nitrogen and oxygen atoms in total. The molecular formula is C15H20BrNO3. The molecule has 1 aromatic rings. The molecule has 1 saturated heterocycles. The normalized spacial score (nSPS) is 19.8. The lowest BCUT2D eigenvalue weighted by Crippen LogP contribution is -2.35. The van der Waals surface area contributed by atoms with Crippen molar-refractivity contribution >= 4 is 21.9 Å². The third kappa shape index (κ3) is 4.30. The largest absolute Gasteiger partial charge is 0.465 e. The second-order valence-corrected chi connectivity index (χ2v) is 5.70. The fraction of sp³-hybridized carbons (Fsp3) is 0.533. The minimum absolute atomic E-state index is 0.194. The van der Waals surface area contributed by atoms with Crippen molar-refractivity contribution in [1.29, 1.82) is 0 Å². The minimum atomic E-state index is -0.448. The zero-order valence-electron chi connectivity index (χ0n) is 11.6. The van der Waals surface area contributed by atoms with E-state index in [2.05, 4.69) is 21.2 Å². The van der Waals surface area contributed by atoms with Crippen molar-refractivity contribution in [2.75, 3.05) is 19.8 Å². The highest BCUT2D eigenvalue weighted by Gasteiger charge is 2.24. The van der Waals surface area contributed by atoms with Crippen LogP contribution in [0.4, 0.5) is 0 Å². The first-order valence-electron chi connectivity index (χ1n) is 6.97. The van der Waals surface area contributed by atoms with Crippen molar-refractivity contribution in [3.8, 4) is 0 Å². The zero-order valence-corrected chi connectivity index (χ0v) is 13.2. The van der Waals surface area contributed by atoms with Crippen LogP contribution in [0.2, 0.25) is 0 Å². The summed E-state index contributed by atoms with van der Waals surface area (Å²) in [5.41, 5.74) is 0.899. The minimum Gasteiger partial charge on any atom is -0.465 e. The molecule has 1 fully saturated rings. The van der Waals surface area contributed by atoms with Crippen LogP contribution in [0.1, 0.15) is 31.4 Å². The van der Waals surface area contributed by atoms with Crippen LogP contribution in [0.5, 0.6) is 0 Å². The van der Waals surface area contributed by atoms with Crippen LogP contribution < -0.4 is 5.32 Å². The zero-order chi connectivity index (χ0) is 14.4. The number of hydrogen-bond donors (Lipinski definition) is 1. The van der Waals surface area contributed by atoms with Gasteiger partial charge in [0.25, 0.3) is 0 Å². The van der Waals surface area contributed by atoms with Gasteiger partial charge >= 0.3 is 5.97 Å². The number of ether oxygens (including phenoxy) is 2. The Bertz CT molecular complexity index is 446. The van der Waals surface area contributed by atoms with Crippen LogP contribution in [0.15, 0.2) is 28.7 Å². The summed E-state index contributed by atoms with van der Waals surface area (Å²) < 4.78 is 11.7. The van der Waals surface area contributed by atoms with Gasteiger partial charge < -0.3 is 9.47 Å². The number of esters is 1. The Morgan fingerprint density at radius 3 is 3.10 bits per heavy atom. The predicted octanol–water partition coefficient (Wildman–Crippen LogP) is 2.82. The van der Waals surface area contributed by atoms with Gasteiger partial charge in [-0.1, -0.05) is 28.1 Å². The maximum absolute atomic E-state index is 12.1. The molecule has 2 unspecified atom stereocenters. The Kier molecular flexibility index (Phi) is 6.01. The molecule has 5 heteroatoms. The van der Waals surface area contributed by atoms with Crippen LogP contribution in [-0.2, 0) is 14.3 Å². The van der Waals surface area contributed by atoms with Crippen LogP contribution in [-0.4, -0.2) is 31.8 Å². The smallest absolute Gasteiger partial charge is 0.327 e. The van der Waals surface area contributed by atoms with Crippen LogP contribution in [0.3, 0.4) is 0 Å². The van der Waals surface area contributed by atoms with E-state index >= 15 is 0 Å². The molecule has 2 rings (SSSR count). The van der Waals surface area contributed by atoms with Gasteiger partial charge in [-0.3, -0.25) is 5.32 Å². The first kappa shape index (κ1) is 15.5. The van der Waals surface area contributed by atoms with E-state index in [1.54, 1.807) is 0 Å². The van der Waals surface area contributed by atoms with Crippen molar-refractivity contribution in [2.24, 2.45) is 0 Å². The second kappa shape index (κ2) is 7.76. The fourth-order valence-electron chi connectivity index (χ4n) is 2.30. The third-order valence-corrected chi connectivity index (χ3v) is 3.77. The van der Waals surface area contributed by atoms with E-state index in [4.69, 9.17) is 9.47 Å². The summed E-state index contributed by atoms with van der Waals surface area (Å²) in [5.74, 6) is -0.247. The summed E-state index contributed by atoms with van der Waals surface area (Å²) in [6, 6.07) is 7.26. The summed E-state index contributed by atoms with van der Waals surface area (Å²) in [7, 11) is 0. The molecule has 0 aromatic heterocycles. The molecule has 0 saturated carbocycles. The summed E-state index contributed by atoms with van der Waals surface area (Å²) in [4.78, 5) is 12.1. The van der Waals surface area contributed by atoms with Crippen molar-refractivity contribution in [2.45, 2.75) is 31.9 Å². The van der Waals surface area contributed by atoms with Crippen LogP contribution in [0.25, 0.3) is 0 Å². The number of rotatable bonds is 6. The average Bonchev–Trinajstić information content (AvgIpc) is 2.92. The summed E-state index contributed by atoms with van der Waals surface area (Å²) >= 11 is 3.43. The van der Waals surface area contributed by atoms with E-state index in [1.165, 1.54) is 0 Å². The standard InChI is InChI=1S/C15H20BrNO3/c1-2-19-15(18)14(11-5-3-6-12(16)9-11)17-10-13-7-4-8-20-13/h3,5-6,9,13-14,17H,2,4,7-8,10H2,1H3. The molecule has 0 amide bonds. The number of carbonyl (C=O) groups excluding carboxylic acids is 1. The van der Waals surface area contributed by atoms with Gasteiger partial charge in [-0.15, -0.1) is 0 Å². The Morgan fingerprint density at radius 2 is 2.45 bits per heavy atom. The van der Waals surface area contributed by atoms with E-state index < -0.39 is 6.04 Å². The van der Waals surface area contributed by atoms with Gasteiger partial charge in [0.2, 0.25) is 0 Å². The molecule has 0 radical (unpaired) electrons. The average molecular weight is 342 g/mol. The number of carbonyl (C=O) groups is 1. The number of benzene rings is 1. The number of nitrogens with one attached hydrogen (secondary N) is 1. The van der Waals surface area contributed by atoms with Crippen LogP contribution in [0, 0.1) is 0 Å². The van der Waals surface area contributed by atoms with E-state index in [-0.39, 0.29) is 12.1 Å². The third-order valence-electron chi connectivity index (χ3n) is 3.28. The van der Waals surface area contributed by atoms with Gasteiger partial charge in [0.15, 0.2) is 0 Å². The van der Waals surface area contributed by atoms with Crippen LogP contribution >= 0.6 is 15.9 Å². The first-order chi connectivity index (χ1) is 9.70. The van der Waals surface area contributed by atoms with Gasteiger partial charge in [-0.2, -0.15) is 0 Å². The second-order valence-electron chi connectivity index (χ2n) is 4.78. The molecule has 0 aliphatic carbocycles. The van der Waals surface area contributed by atoms with Gasteiger partial charge in [-0.05, 0) is 37.5 Å². The van der Waals surface area contributed by atoms with Gasteiger partial charge in [0.1, 0.15) is 6.04 Å². The Balaban J connectivity index is 2.05. The highest BCUT2D eigenvalue weighted by Crippen LogP contribution is 2.20. The summed E-state index contributed by atoms with van der Waals surface area (Å²) in [6.45, 7) is 3.67. The Labute approximate surface area is 128 Å². The molecule has 1 heterocycles. The molecule has 1 aliphatic heterocycles. The highest BCUT2D eigenvalue weighted by atomic mass is 79.9. The van der Waals surface area contributed by atoms with Crippen molar-refractivity contribution in [3.05, 3.63) is 34.3 Å². The Hall–Kier alpha value is -0.910. The van der Waals surface area contributed by atoms with Gasteiger partial charge in [0.05, 0.1) is 12.7 Å². The highest BCUT2D eigenvalue weighted by molar-refractivity contribution is 9.10. The van der Waals surface area contributed by atoms with E-state index in [0.29, 0.717) is 13.2 Å². The molecule has 0 spiro atoms. The topological polar surface area (TPSA) is 47.6 Å². The molecule has 0 bridgehead atoms. The van der Waals surface area contributed by atoms with E-state index in [0.717, 1.165) is 29.5 Å². The lowest BCUT2D eigenvalue weighted by atomic mass is 10.1. The predicted molar refractivity (Wildman–Crippen MR) is 80.5 cm³/mol. The SMILES string of the molecule is CCOC(=O)C(NCC1CCCO1)c1cccc(Br)c1. The van der Waals surface area contributed by atoms with Crippen molar-refractivity contribution < 1.29 is 14.3 Å². The summed E-state index contributed by atoms with van der Waals surface area (Å²) in [6.07, 6.45) is 2.33. The molecule has 110 valence electrons. The molecule has 2 atom stereocenters. The maximum atomic E-state index is 12.1. The monoisotopic (exact) mass is 341 g/mol. The molecule has 20 heavy (non-hydrogen) atoms. The lowest BCUT2D eigenvalue weighted by molar-refractivity contribution is -0.146. The Morgan fingerprint density at radius 1 is 1.60 bits per heavy atom. The quantitative estimate of drug-likeness (QED) is 0.808. The summed E-state index contributed by atoms with van der Waals surface area (Å²) in [5, 5.41) is 3.27. The first-order valence-corrected chi connectivity index (χ1v) is 7.77. The van der Waals surface area contributed by atoms with Gasteiger partial charge in [-0.25, -0.2) is 4.79 Å². The number of halogens is 1. The number of hydrogen-bond acceptors (Lipinski definition) is 4. The van der Waals surface area contributed by atoms with Gasteiger partial charge in [0, 0.05) is 17.6 Å². The molecule has 1 N–H and O–H groups in total. The lowest BCUT2D eigenvalue weighted by Gasteiger charge is -2.20. The fourth-order valence-corrected chi connectivity index (χ4v) is 2.72. The van der Waals surface area contributed by atoms with E-state index in [1.807, 2.05) is 31.2 Å². The molecular weight excluding hydrogens is 322 g/mol. The van der Waals surface area contributed by atoms with E-state index in [9.17, 15) is 4.79 Å². The van der Waals surface area contributed by atoms with Crippen molar-refractivity contribution in [1.82, 2.24) is 5.32 Å². The maximum Gasteiger partial charge on any atom is 0.327 e. The molecule has 1 aromatic carbocycles.